The van der Waals surface area contributed by atoms with Gasteiger partial charge in [0.05, 0.1) is 11.3 Å². The Hall–Kier alpha value is -2.40. The number of rotatable bonds is 4. The molecule has 3 aromatic rings. The topological polar surface area (TPSA) is 63.8 Å². The van der Waals surface area contributed by atoms with E-state index >= 15 is 0 Å². The van der Waals surface area contributed by atoms with E-state index in [0.29, 0.717) is 18.1 Å². The van der Waals surface area contributed by atoms with E-state index in [1.807, 2.05) is 44.2 Å². The lowest BCUT2D eigenvalue weighted by atomic mass is 10.2. The van der Waals surface area contributed by atoms with E-state index in [2.05, 4.69) is 20.4 Å². The molecule has 2 aromatic heterocycles. The van der Waals surface area contributed by atoms with Crippen molar-refractivity contribution in [1.82, 2.24) is 15.1 Å². The molecule has 2 heterocycles. The average Bonchev–Trinajstić information content (AvgIpc) is 2.86. The van der Waals surface area contributed by atoms with Gasteiger partial charge in [-0.2, -0.15) is 0 Å². The van der Waals surface area contributed by atoms with Crippen LogP contribution in [0.4, 0.5) is 5.82 Å². The summed E-state index contributed by atoms with van der Waals surface area (Å²) in [5, 5.41) is 7.94. The maximum atomic E-state index is 5.88. The molecule has 0 atom stereocenters. The number of aromatic nitrogens is 3. The molecule has 5 nitrogen and oxygen atoms in total. The van der Waals surface area contributed by atoms with Gasteiger partial charge in [0.2, 0.25) is 0 Å². The van der Waals surface area contributed by atoms with Crippen LogP contribution in [0.2, 0.25) is 5.02 Å². The predicted octanol–water partition coefficient (Wildman–Crippen LogP) is 4.01. The number of benzene rings is 1. The highest BCUT2D eigenvalue weighted by atomic mass is 35.5. The smallest absolute Gasteiger partial charge is 0.166 e. The van der Waals surface area contributed by atoms with Crippen molar-refractivity contribution in [1.29, 1.82) is 0 Å². The minimum Gasteiger partial charge on any atom is -0.366 e. The van der Waals surface area contributed by atoms with Gasteiger partial charge in [0, 0.05) is 17.8 Å². The van der Waals surface area contributed by atoms with E-state index in [1.54, 1.807) is 6.20 Å². The summed E-state index contributed by atoms with van der Waals surface area (Å²) in [6.45, 7) is 4.39. The van der Waals surface area contributed by atoms with Gasteiger partial charge in [-0.25, -0.2) is 9.97 Å². The third-order valence-electron chi connectivity index (χ3n) is 3.30. The quantitative estimate of drug-likeness (QED) is 0.788. The Kier molecular flexibility index (Phi) is 4.06. The Morgan fingerprint density at radius 1 is 1.14 bits per heavy atom. The lowest BCUT2D eigenvalue weighted by molar-refractivity contribution is 0.393. The summed E-state index contributed by atoms with van der Waals surface area (Å²) in [4.78, 5) is 8.82. The van der Waals surface area contributed by atoms with Gasteiger partial charge >= 0.3 is 0 Å². The molecule has 1 aromatic carbocycles. The first kappa shape index (κ1) is 14.5. The molecule has 0 aliphatic heterocycles. The fraction of sp³-hybridized carbons (Fsp3) is 0.188. The SMILES string of the molecule is Cc1noc(C)c1-c1nccc(NCc2ccc(Cl)cc2)n1. The van der Waals surface area contributed by atoms with E-state index in [0.717, 1.165) is 27.7 Å². The van der Waals surface area contributed by atoms with Crippen LogP contribution in [0.3, 0.4) is 0 Å². The van der Waals surface area contributed by atoms with Crippen molar-refractivity contribution in [2.75, 3.05) is 5.32 Å². The first-order chi connectivity index (χ1) is 10.6. The van der Waals surface area contributed by atoms with Gasteiger partial charge in [0.25, 0.3) is 0 Å². The Labute approximate surface area is 133 Å². The fourth-order valence-corrected chi connectivity index (χ4v) is 2.30. The molecule has 0 bridgehead atoms. The van der Waals surface area contributed by atoms with Crippen LogP contribution in [0.1, 0.15) is 17.0 Å². The standard InChI is InChI=1S/C16H15ClN4O/c1-10-15(11(2)22-21-10)16-18-8-7-14(20-16)19-9-12-3-5-13(17)6-4-12/h3-8H,9H2,1-2H3,(H,18,19,20). The molecule has 3 rings (SSSR count). The highest BCUT2D eigenvalue weighted by Crippen LogP contribution is 2.24. The Balaban J connectivity index is 1.78. The number of hydrogen-bond acceptors (Lipinski definition) is 5. The average molecular weight is 315 g/mol. The van der Waals surface area contributed by atoms with E-state index in [1.165, 1.54) is 0 Å². The second kappa shape index (κ2) is 6.15. The maximum Gasteiger partial charge on any atom is 0.166 e. The molecule has 0 saturated heterocycles. The van der Waals surface area contributed by atoms with E-state index < -0.39 is 0 Å². The molecular formula is C16H15ClN4O. The minimum absolute atomic E-state index is 0.609. The molecule has 112 valence electrons. The van der Waals surface area contributed by atoms with Crippen molar-refractivity contribution in [2.24, 2.45) is 0 Å². The highest BCUT2D eigenvalue weighted by molar-refractivity contribution is 6.30. The molecule has 0 aliphatic carbocycles. The molecule has 0 amide bonds. The minimum atomic E-state index is 0.609. The van der Waals surface area contributed by atoms with E-state index in [9.17, 15) is 0 Å². The van der Waals surface area contributed by atoms with Crippen LogP contribution >= 0.6 is 11.6 Å². The molecular weight excluding hydrogens is 300 g/mol. The predicted molar refractivity (Wildman–Crippen MR) is 85.8 cm³/mol. The first-order valence-corrected chi connectivity index (χ1v) is 7.26. The molecule has 1 N–H and O–H groups in total. The van der Waals surface area contributed by atoms with Gasteiger partial charge in [-0.05, 0) is 37.6 Å². The van der Waals surface area contributed by atoms with Gasteiger partial charge in [-0.1, -0.05) is 28.9 Å². The van der Waals surface area contributed by atoms with Crippen LogP contribution in [0.25, 0.3) is 11.4 Å². The summed E-state index contributed by atoms with van der Waals surface area (Å²) in [7, 11) is 0. The maximum absolute atomic E-state index is 5.88. The largest absolute Gasteiger partial charge is 0.366 e. The molecule has 0 aliphatic rings. The number of halogens is 1. The zero-order valence-corrected chi connectivity index (χ0v) is 13.1. The molecule has 0 spiro atoms. The van der Waals surface area contributed by atoms with Crippen LogP contribution < -0.4 is 5.32 Å². The number of nitrogens with zero attached hydrogens (tertiary/aromatic N) is 3. The summed E-state index contributed by atoms with van der Waals surface area (Å²) < 4.78 is 5.17. The first-order valence-electron chi connectivity index (χ1n) is 6.88. The summed E-state index contributed by atoms with van der Waals surface area (Å²) in [5.41, 5.74) is 2.75. The van der Waals surface area contributed by atoms with Gasteiger partial charge in [0.15, 0.2) is 5.82 Å². The summed E-state index contributed by atoms with van der Waals surface area (Å²) in [5.74, 6) is 2.07. The van der Waals surface area contributed by atoms with Gasteiger partial charge in [0.1, 0.15) is 11.6 Å². The van der Waals surface area contributed by atoms with Gasteiger partial charge in [-0.15, -0.1) is 0 Å². The number of anilines is 1. The van der Waals surface area contributed by atoms with Crippen molar-refractivity contribution < 1.29 is 4.52 Å². The lowest BCUT2D eigenvalue weighted by Crippen LogP contribution is -2.03. The van der Waals surface area contributed by atoms with Crippen LogP contribution in [-0.2, 0) is 6.54 Å². The van der Waals surface area contributed by atoms with Gasteiger partial charge < -0.3 is 9.84 Å². The number of hydrogen-bond donors (Lipinski definition) is 1. The van der Waals surface area contributed by atoms with Crippen molar-refractivity contribution in [3.8, 4) is 11.4 Å². The second-order valence-corrected chi connectivity index (χ2v) is 5.38. The van der Waals surface area contributed by atoms with Crippen LogP contribution in [0.5, 0.6) is 0 Å². The summed E-state index contributed by atoms with van der Waals surface area (Å²) in [6, 6.07) is 9.52. The number of aryl methyl sites for hydroxylation is 2. The molecule has 0 unspecified atom stereocenters. The summed E-state index contributed by atoms with van der Waals surface area (Å²) in [6.07, 6.45) is 1.72. The Bertz CT molecular complexity index is 764. The Morgan fingerprint density at radius 2 is 1.91 bits per heavy atom. The summed E-state index contributed by atoms with van der Waals surface area (Å²) >= 11 is 5.88. The van der Waals surface area contributed by atoms with Crippen molar-refractivity contribution in [2.45, 2.75) is 20.4 Å². The Morgan fingerprint density at radius 3 is 2.59 bits per heavy atom. The van der Waals surface area contributed by atoms with E-state index in [-0.39, 0.29) is 0 Å². The number of nitrogens with one attached hydrogen (secondary N) is 1. The van der Waals surface area contributed by atoms with Crippen LogP contribution in [0, 0.1) is 13.8 Å². The monoisotopic (exact) mass is 314 g/mol. The van der Waals surface area contributed by atoms with Crippen molar-refractivity contribution >= 4 is 17.4 Å². The zero-order valence-electron chi connectivity index (χ0n) is 12.3. The zero-order chi connectivity index (χ0) is 15.5. The third-order valence-corrected chi connectivity index (χ3v) is 3.55. The van der Waals surface area contributed by atoms with Gasteiger partial charge in [-0.3, -0.25) is 0 Å². The highest BCUT2D eigenvalue weighted by Gasteiger charge is 2.14. The molecule has 0 fully saturated rings. The lowest BCUT2D eigenvalue weighted by Gasteiger charge is -2.07. The normalized spacial score (nSPS) is 10.7. The molecule has 0 radical (unpaired) electrons. The van der Waals surface area contributed by atoms with Crippen LogP contribution in [0.15, 0.2) is 41.1 Å². The fourth-order valence-electron chi connectivity index (χ4n) is 2.17. The molecule has 22 heavy (non-hydrogen) atoms. The van der Waals surface area contributed by atoms with Crippen molar-refractivity contribution in [3.63, 3.8) is 0 Å². The second-order valence-electron chi connectivity index (χ2n) is 4.94. The van der Waals surface area contributed by atoms with E-state index in [4.69, 9.17) is 16.1 Å². The van der Waals surface area contributed by atoms with Crippen LogP contribution in [-0.4, -0.2) is 15.1 Å². The third kappa shape index (κ3) is 3.09. The molecule has 6 heteroatoms. The van der Waals surface area contributed by atoms with Crippen molar-refractivity contribution in [3.05, 3.63) is 58.6 Å². The molecule has 0 saturated carbocycles.